The average molecular weight is 416 g/mol. The van der Waals surface area contributed by atoms with E-state index in [0.29, 0.717) is 0 Å². The van der Waals surface area contributed by atoms with Crippen molar-refractivity contribution >= 4 is 17.9 Å². The van der Waals surface area contributed by atoms with Crippen LogP contribution in [0.5, 0.6) is 0 Å². The van der Waals surface area contributed by atoms with Gasteiger partial charge in [0, 0.05) is 36.2 Å². The molecule has 0 atom stereocenters. The molecule has 1 amide bonds. The molecule has 0 spiro atoms. The summed E-state index contributed by atoms with van der Waals surface area (Å²) in [6.07, 6.45) is 7.25. The molecular formula is C24H21N3O2S. The number of fused-ring (bicyclic) bond motifs is 1. The van der Waals surface area contributed by atoms with Crippen molar-refractivity contribution in [2.45, 2.75) is 24.2 Å². The Labute approximate surface area is 179 Å². The normalized spacial score (nSPS) is 15.4. The Morgan fingerprint density at radius 1 is 1.03 bits per heavy atom. The lowest BCUT2D eigenvalue weighted by Crippen LogP contribution is -2.23. The highest BCUT2D eigenvalue weighted by Gasteiger charge is 2.27. The molecule has 0 fully saturated rings. The van der Waals surface area contributed by atoms with Crippen LogP contribution in [0.15, 0.2) is 90.4 Å². The fourth-order valence-electron chi connectivity index (χ4n) is 3.73. The van der Waals surface area contributed by atoms with Crippen LogP contribution in [0, 0.1) is 0 Å². The second kappa shape index (κ2) is 8.24. The first-order valence-corrected chi connectivity index (χ1v) is 10.9. The lowest BCUT2D eigenvalue weighted by Gasteiger charge is -2.21. The molecule has 0 aliphatic carbocycles. The lowest BCUT2D eigenvalue weighted by molar-refractivity contribution is 0.121. The Bertz CT molecular complexity index is 1090. The zero-order valence-corrected chi connectivity index (χ0v) is 17.2. The minimum absolute atomic E-state index is 0.0540. The number of amides is 1. The summed E-state index contributed by atoms with van der Waals surface area (Å²) in [5, 5.41) is 1.07. The van der Waals surface area contributed by atoms with Gasteiger partial charge in [-0.25, -0.2) is 9.78 Å². The molecule has 3 heterocycles. The molecule has 0 radical (unpaired) electrons. The van der Waals surface area contributed by atoms with Gasteiger partial charge in [-0.3, -0.25) is 4.90 Å². The minimum Gasteiger partial charge on any atom is -0.444 e. The van der Waals surface area contributed by atoms with Gasteiger partial charge < -0.3 is 9.30 Å². The minimum atomic E-state index is -0.387. The molecule has 6 heteroatoms. The number of ether oxygens (including phenoxy) is 1. The van der Waals surface area contributed by atoms with Gasteiger partial charge in [-0.2, -0.15) is 0 Å². The molecule has 2 aromatic carbocycles. The molecule has 5 rings (SSSR count). The van der Waals surface area contributed by atoms with Crippen molar-refractivity contribution in [2.75, 3.05) is 5.75 Å². The van der Waals surface area contributed by atoms with Gasteiger partial charge in [0.2, 0.25) is 0 Å². The fraction of sp³-hybridized carbons (Fsp3) is 0.167. The molecule has 0 saturated heterocycles. The highest BCUT2D eigenvalue weighted by atomic mass is 32.2. The van der Waals surface area contributed by atoms with E-state index >= 15 is 0 Å². The predicted octanol–water partition coefficient (Wildman–Crippen LogP) is 5.42. The van der Waals surface area contributed by atoms with Crippen LogP contribution in [0.25, 0.3) is 11.3 Å². The molecule has 0 unspecified atom stereocenters. The van der Waals surface area contributed by atoms with Crippen LogP contribution < -0.4 is 0 Å². The van der Waals surface area contributed by atoms with Crippen molar-refractivity contribution in [2.24, 2.45) is 0 Å². The number of carbonyl (C=O) groups is 1. The van der Waals surface area contributed by atoms with Gasteiger partial charge in [-0.05, 0) is 5.56 Å². The molecule has 150 valence electrons. The van der Waals surface area contributed by atoms with Gasteiger partial charge in [0.25, 0.3) is 0 Å². The van der Waals surface area contributed by atoms with Gasteiger partial charge >= 0.3 is 6.09 Å². The number of imidazole rings is 1. The largest absolute Gasteiger partial charge is 0.444 e. The number of benzene rings is 2. The predicted molar refractivity (Wildman–Crippen MR) is 118 cm³/mol. The maximum Gasteiger partial charge on any atom is 0.418 e. The first-order valence-electron chi connectivity index (χ1n) is 9.94. The molecule has 30 heavy (non-hydrogen) atoms. The number of carbonyl (C=O) groups excluding carboxylic acids is 1. The van der Waals surface area contributed by atoms with Crippen molar-refractivity contribution in [3.63, 3.8) is 0 Å². The summed E-state index contributed by atoms with van der Waals surface area (Å²) in [5.74, 6) is 1.10. The molecule has 0 N–H and O–H groups in total. The Hall–Kier alpha value is -3.25. The van der Waals surface area contributed by atoms with Crippen LogP contribution in [0.4, 0.5) is 4.79 Å². The number of thioether (sulfide) groups is 1. The molecule has 2 aliphatic rings. The zero-order chi connectivity index (χ0) is 20.3. The first kappa shape index (κ1) is 18.8. The molecule has 0 bridgehead atoms. The monoisotopic (exact) mass is 415 g/mol. The van der Waals surface area contributed by atoms with Crippen LogP contribution in [0.1, 0.15) is 17.2 Å². The average Bonchev–Trinajstić information content (AvgIpc) is 3.40. The number of allylic oxidation sites excluding steroid dienone is 2. The summed E-state index contributed by atoms with van der Waals surface area (Å²) < 4.78 is 7.73. The quantitative estimate of drug-likeness (QED) is 0.571. The summed E-state index contributed by atoms with van der Waals surface area (Å²) in [4.78, 5) is 18.8. The first-order chi connectivity index (χ1) is 14.8. The maximum absolute atomic E-state index is 12.4. The highest BCUT2D eigenvalue weighted by molar-refractivity contribution is 7.99. The van der Waals surface area contributed by atoms with Crippen molar-refractivity contribution in [3.05, 3.63) is 96.5 Å². The van der Waals surface area contributed by atoms with Crippen molar-refractivity contribution in [1.82, 2.24) is 14.5 Å². The van der Waals surface area contributed by atoms with E-state index < -0.39 is 0 Å². The summed E-state index contributed by atoms with van der Waals surface area (Å²) in [6.45, 7) is 1.21. The van der Waals surface area contributed by atoms with E-state index in [1.54, 1.807) is 24.2 Å². The molecule has 5 nitrogen and oxygen atoms in total. The van der Waals surface area contributed by atoms with Crippen molar-refractivity contribution in [1.29, 1.82) is 0 Å². The van der Waals surface area contributed by atoms with E-state index in [0.717, 1.165) is 34.3 Å². The maximum atomic E-state index is 12.4. The number of hydrogen-bond donors (Lipinski definition) is 0. The Kier molecular flexibility index (Phi) is 5.15. The Morgan fingerprint density at radius 2 is 1.73 bits per heavy atom. The van der Waals surface area contributed by atoms with Gasteiger partial charge in [0.15, 0.2) is 5.16 Å². The SMILES string of the molecule is O=C(OCc1ccccc1)N1C=CC(c2c(-c3ccccc3)nc3n2CCS3)C=C1. The number of hydrogen-bond acceptors (Lipinski definition) is 4. The summed E-state index contributed by atoms with van der Waals surface area (Å²) >= 11 is 1.79. The Morgan fingerprint density at radius 3 is 2.47 bits per heavy atom. The van der Waals surface area contributed by atoms with Crippen LogP contribution >= 0.6 is 11.8 Å². The molecule has 2 aliphatic heterocycles. The molecule has 0 saturated carbocycles. The molecular weight excluding hydrogens is 394 g/mol. The standard InChI is InChI=1S/C24H21N3O2S/c28-24(29-17-18-7-3-1-4-8-18)26-13-11-20(12-14-26)22-21(19-9-5-2-6-10-19)25-23-27(22)15-16-30-23/h1-14,20H,15-17H2. The third-order valence-electron chi connectivity index (χ3n) is 5.20. The van der Waals surface area contributed by atoms with Crippen molar-refractivity contribution in [3.8, 4) is 11.3 Å². The number of nitrogens with zero attached hydrogens (tertiary/aromatic N) is 3. The van der Waals surface area contributed by atoms with Crippen LogP contribution in [0.3, 0.4) is 0 Å². The van der Waals surface area contributed by atoms with Crippen LogP contribution in [0.2, 0.25) is 0 Å². The van der Waals surface area contributed by atoms with Gasteiger partial charge in [-0.1, -0.05) is 84.6 Å². The number of aromatic nitrogens is 2. The second-order valence-corrected chi connectivity index (χ2v) is 8.21. The summed E-state index contributed by atoms with van der Waals surface area (Å²) in [7, 11) is 0. The smallest absolute Gasteiger partial charge is 0.418 e. The fourth-order valence-corrected chi connectivity index (χ4v) is 4.69. The third kappa shape index (κ3) is 3.66. The van der Waals surface area contributed by atoms with Gasteiger partial charge in [0.1, 0.15) is 6.61 Å². The van der Waals surface area contributed by atoms with Crippen LogP contribution in [-0.4, -0.2) is 26.3 Å². The van der Waals surface area contributed by atoms with E-state index in [9.17, 15) is 4.79 Å². The van der Waals surface area contributed by atoms with E-state index in [4.69, 9.17) is 9.72 Å². The van der Waals surface area contributed by atoms with E-state index in [2.05, 4.69) is 16.7 Å². The van der Waals surface area contributed by atoms with E-state index in [-0.39, 0.29) is 18.6 Å². The molecule has 3 aromatic rings. The topological polar surface area (TPSA) is 47.4 Å². The van der Waals surface area contributed by atoms with Crippen LogP contribution in [-0.2, 0) is 17.9 Å². The second-order valence-electron chi connectivity index (χ2n) is 7.15. The molecule has 1 aromatic heterocycles. The third-order valence-corrected chi connectivity index (χ3v) is 6.16. The van der Waals surface area contributed by atoms with Gasteiger partial charge in [0.05, 0.1) is 11.4 Å². The zero-order valence-electron chi connectivity index (χ0n) is 16.3. The summed E-state index contributed by atoms with van der Waals surface area (Å²) in [5.41, 5.74) is 4.26. The lowest BCUT2D eigenvalue weighted by atomic mass is 9.98. The van der Waals surface area contributed by atoms with Crippen molar-refractivity contribution < 1.29 is 9.53 Å². The van der Waals surface area contributed by atoms with E-state index in [1.165, 1.54) is 10.6 Å². The summed E-state index contributed by atoms with van der Waals surface area (Å²) in [6, 6.07) is 20.0. The highest BCUT2D eigenvalue weighted by Crippen LogP contribution is 2.38. The van der Waals surface area contributed by atoms with E-state index in [1.807, 2.05) is 60.7 Å². The van der Waals surface area contributed by atoms with Gasteiger partial charge in [-0.15, -0.1) is 0 Å². The Balaban J connectivity index is 1.34. The number of rotatable bonds is 4.